The molecule has 1 aromatic carbocycles. The number of hydrogen-bond donors (Lipinski definition) is 2. The van der Waals surface area contributed by atoms with Crippen LogP contribution in [0.4, 0.5) is 5.69 Å². The monoisotopic (exact) mass is 312 g/mol. The van der Waals surface area contributed by atoms with Crippen LogP contribution in [-0.4, -0.2) is 27.1 Å². The summed E-state index contributed by atoms with van der Waals surface area (Å²) in [4.78, 5) is 19.9. The van der Waals surface area contributed by atoms with Crippen molar-refractivity contribution in [2.75, 3.05) is 5.06 Å². The van der Waals surface area contributed by atoms with Gasteiger partial charge in [-0.25, -0.2) is 0 Å². The highest BCUT2D eigenvalue weighted by Crippen LogP contribution is 2.30. The van der Waals surface area contributed by atoms with E-state index in [1.165, 1.54) is 11.5 Å². The lowest BCUT2D eigenvalue weighted by atomic mass is 9.94. The SMILES string of the molecule is NC(=O)c1ccc(N(O)C2CCCCC2)cc1-c1cnccn1. The Labute approximate surface area is 134 Å². The van der Waals surface area contributed by atoms with Crippen LogP contribution in [-0.2, 0) is 0 Å². The topological polar surface area (TPSA) is 92.3 Å². The summed E-state index contributed by atoms with van der Waals surface area (Å²) in [5.41, 5.74) is 7.60. The van der Waals surface area contributed by atoms with E-state index < -0.39 is 5.91 Å². The standard InChI is InChI=1S/C17H20N4O2/c18-17(22)14-7-6-13(21(23)12-4-2-1-3-5-12)10-15(14)16-11-19-8-9-20-16/h6-12,23H,1-5H2,(H2,18,22). The number of nitrogens with zero attached hydrogens (tertiary/aromatic N) is 3. The molecule has 1 saturated carbocycles. The normalized spacial score (nSPS) is 15.3. The van der Waals surface area contributed by atoms with Gasteiger partial charge in [0, 0.05) is 23.5 Å². The van der Waals surface area contributed by atoms with Crippen LogP contribution in [0.3, 0.4) is 0 Å². The number of benzene rings is 1. The van der Waals surface area contributed by atoms with Crippen molar-refractivity contribution in [3.8, 4) is 11.3 Å². The molecule has 1 heterocycles. The Kier molecular flexibility index (Phi) is 4.52. The van der Waals surface area contributed by atoms with E-state index in [-0.39, 0.29) is 6.04 Å². The third-order valence-electron chi connectivity index (χ3n) is 4.29. The van der Waals surface area contributed by atoms with Crippen molar-refractivity contribution >= 4 is 11.6 Å². The van der Waals surface area contributed by atoms with E-state index in [0.29, 0.717) is 22.5 Å². The van der Waals surface area contributed by atoms with Crippen LogP contribution in [0.2, 0.25) is 0 Å². The molecule has 0 atom stereocenters. The first-order valence-electron chi connectivity index (χ1n) is 7.85. The smallest absolute Gasteiger partial charge is 0.249 e. The zero-order valence-electron chi connectivity index (χ0n) is 12.9. The number of hydroxylamine groups is 1. The summed E-state index contributed by atoms with van der Waals surface area (Å²) >= 11 is 0. The summed E-state index contributed by atoms with van der Waals surface area (Å²) in [5.74, 6) is -0.528. The van der Waals surface area contributed by atoms with Crippen LogP contribution in [0.1, 0.15) is 42.5 Å². The van der Waals surface area contributed by atoms with E-state index in [9.17, 15) is 10.0 Å². The van der Waals surface area contributed by atoms with Crippen molar-refractivity contribution < 1.29 is 10.0 Å². The zero-order valence-corrected chi connectivity index (χ0v) is 12.9. The summed E-state index contributed by atoms with van der Waals surface area (Å²) in [6.07, 6.45) is 10.1. The van der Waals surface area contributed by atoms with Gasteiger partial charge in [-0.15, -0.1) is 0 Å². The molecular formula is C17H20N4O2. The number of carbonyl (C=O) groups excluding carboxylic acids is 1. The molecule has 6 heteroatoms. The summed E-state index contributed by atoms with van der Waals surface area (Å²) < 4.78 is 0. The molecule has 2 aromatic rings. The Morgan fingerprint density at radius 2 is 2.00 bits per heavy atom. The van der Waals surface area contributed by atoms with Crippen LogP contribution < -0.4 is 10.8 Å². The molecule has 1 fully saturated rings. The van der Waals surface area contributed by atoms with Gasteiger partial charge in [0.1, 0.15) is 0 Å². The highest BCUT2D eigenvalue weighted by molar-refractivity contribution is 6.00. The Hall–Kier alpha value is -2.47. The first-order chi connectivity index (χ1) is 11.2. The van der Waals surface area contributed by atoms with Crippen LogP contribution in [0, 0.1) is 0 Å². The molecule has 0 unspecified atom stereocenters. The predicted octanol–water partition coefficient (Wildman–Crippen LogP) is 2.77. The predicted molar refractivity (Wildman–Crippen MR) is 87.1 cm³/mol. The van der Waals surface area contributed by atoms with Crippen molar-refractivity contribution in [1.29, 1.82) is 0 Å². The Bertz CT molecular complexity index is 684. The summed E-state index contributed by atoms with van der Waals surface area (Å²) in [6, 6.07) is 5.21. The fourth-order valence-corrected chi connectivity index (χ4v) is 3.08. The fourth-order valence-electron chi connectivity index (χ4n) is 3.08. The number of aromatic nitrogens is 2. The average Bonchev–Trinajstić information content (AvgIpc) is 2.62. The molecule has 0 spiro atoms. The van der Waals surface area contributed by atoms with E-state index in [4.69, 9.17) is 5.73 Å². The van der Waals surface area contributed by atoms with E-state index in [1.807, 2.05) is 0 Å². The molecule has 0 aliphatic heterocycles. The molecule has 3 N–H and O–H groups in total. The summed E-state index contributed by atoms with van der Waals surface area (Å²) in [6.45, 7) is 0. The average molecular weight is 312 g/mol. The third kappa shape index (κ3) is 3.32. The molecule has 1 amide bonds. The molecule has 120 valence electrons. The summed E-state index contributed by atoms with van der Waals surface area (Å²) in [7, 11) is 0. The van der Waals surface area contributed by atoms with Gasteiger partial charge < -0.3 is 5.73 Å². The Morgan fingerprint density at radius 1 is 1.22 bits per heavy atom. The van der Waals surface area contributed by atoms with Gasteiger partial charge in [-0.3, -0.25) is 25.0 Å². The molecule has 0 saturated heterocycles. The van der Waals surface area contributed by atoms with Gasteiger partial charge in [0.05, 0.1) is 23.6 Å². The van der Waals surface area contributed by atoms with Gasteiger partial charge in [-0.05, 0) is 31.0 Å². The van der Waals surface area contributed by atoms with Crippen molar-refractivity contribution in [2.24, 2.45) is 5.73 Å². The fraction of sp³-hybridized carbons (Fsp3) is 0.353. The second-order valence-electron chi connectivity index (χ2n) is 5.82. The van der Waals surface area contributed by atoms with Gasteiger partial charge in [-0.1, -0.05) is 19.3 Å². The van der Waals surface area contributed by atoms with E-state index in [2.05, 4.69) is 9.97 Å². The maximum absolute atomic E-state index is 11.7. The van der Waals surface area contributed by atoms with E-state index in [1.54, 1.807) is 36.8 Å². The second kappa shape index (κ2) is 6.75. The number of nitrogens with two attached hydrogens (primary N) is 1. The third-order valence-corrected chi connectivity index (χ3v) is 4.29. The van der Waals surface area contributed by atoms with Gasteiger partial charge in [-0.2, -0.15) is 0 Å². The van der Waals surface area contributed by atoms with Gasteiger partial charge in [0.25, 0.3) is 0 Å². The Balaban J connectivity index is 1.98. The second-order valence-corrected chi connectivity index (χ2v) is 5.82. The van der Waals surface area contributed by atoms with Gasteiger partial charge in [0.15, 0.2) is 0 Å². The number of hydrogen-bond acceptors (Lipinski definition) is 5. The van der Waals surface area contributed by atoms with Crippen LogP contribution in [0.15, 0.2) is 36.8 Å². The highest BCUT2D eigenvalue weighted by atomic mass is 16.5. The number of rotatable bonds is 4. The minimum absolute atomic E-state index is 0.109. The number of carbonyl (C=O) groups is 1. The molecule has 23 heavy (non-hydrogen) atoms. The van der Waals surface area contributed by atoms with Crippen molar-refractivity contribution in [3.05, 3.63) is 42.4 Å². The van der Waals surface area contributed by atoms with Crippen molar-refractivity contribution in [1.82, 2.24) is 9.97 Å². The zero-order chi connectivity index (χ0) is 16.2. The van der Waals surface area contributed by atoms with E-state index >= 15 is 0 Å². The molecule has 1 aromatic heterocycles. The molecule has 1 aliphatic carbocycles. The molecule has 1 aliphatic rings. The molecular weight excluding hydrogens is 292 g/mol. The number of amides is 1. The number of anilines is 1. The van der Waals surface area contributed by atoms with E-state index in [0.717, 1.165) is 25.7 Å². The van der Waals surface area contributed by atoms with Crippen molar-refractivity contribution in [3.63, 3.8) is 0 Å². The van der Waals surface area contributed by atoms with Crippen LogP contribution in [0.25, 0.3) is 11.3 Å². The maximum atomic E-state index is 11.7. The lowest BCUT2D eigenvalue weighted by molar-refractivity contribution is 0.100. The van der Waals surface area contributed by atoms with Gasteiger partial charge in [0.2, 0.25) is 5.91 Å². The highest BCUT2D eigenvalue weighted by Gasteiger charge is 2.22. The lowest BCUT2D eigenvalue weighted by Crippen LogP contribution is -2.34. The minimum atomic E-state index is -0.528. The lowest BCUT2D eigenvalue weighted by Gasteiger charge is -2.31. The molecule has 0 radical (unpaired) electrons. The minimum Gasteiger partial charge on any atom is -0.366 e. The molecule has 0 bridgehead atoms. The van der Waals surface area contributed by atoms with Crippen molar-refractivity contribution in [2.45, 2.75) is 38.1 Å². The number of primary amides is 1. The molecule has 3 rings (SSSR count). The summed E-state index contributed by atoms with van der Waals surface area (Å²) in [5, 5.41) is 11.8. The first-order valence-corrected chi connectivity index (χ1v) is 7.85. The van der Waals surface area contributed by atoms with Crippen LogP contribution >= 0.6 is 0 Å². The van der Waals surface area contributed by atoms with Gasteiger partial charge >= 0.3 is 0 Å². The molecule has 6 nitrogen and oxygen atoms in total. The largest absolute Gasteiger partial charge is 0.366 e. The maximum Gasteiger partial charge on any atom is 0.249 e. The first kappa shape index (κ1) is 15.4. The van der Waals surface area contributed by atoms with Crippen LogP contribution in [0.5, 0.6) is 0 Å². The Morgan fingerprint density at radius 3 is 2.65 bits per heavy atom. The quantitative estimate of drug-likeness (QED) is 0.847.